The van der Waals surface area contributed by atoms with Gasteiger partial charge in [-0.15, -0.1) is 11.6 Å². The maximum atomic E-state index is 5.85. The third-order valence-electron chi connectivity index (χ3n) is 3.23. The zero-order chi connectivity index (χ0) is 14.2. The van der Waals surface area contributed by atoms with Gasteiger partial charge in [0.1, 0.15) is 0 Å². The molecule has 0 saturated heterocycles. The molecule has 2 aromatic rings. The highest BCUT2D eigenvalue weighted by Gasteiger charge is 2.11. The van der Waals surface area contributed by atoms with E-state index in [1.165, 1.54) is 0 Å². The fourth-order valence-electron chi connectivity index (χ4n) is 2.19. The van der Waals surface area contributed by atoms with Crippen molar-refractivity contribution >= 4 is 17.5 Å². The summed E-state index contributed by atoms with van der Waals surface area (Å²) in [5, 5.41) is 15.1. The second kappa shape index (κ2) is 7.85. The van der Waals surface area contributed by atoms with Crippen molar-refractivity contribution in [3.8, 4) is 5.69 Å². The van der Waals surface area contributed by atoms with Gasteiger partial charge in [0.05, 0.1) is 5.69 Å². The number of hydrogen-bond acceptors (Lipinski definition) is 4. The Labute approximate surface area is 124 Å². The van der Waals surface area contributed by atoms with Gasteiger partial charge < -0.3 is 5.32 Å². The fraction of sp³-hybridized carbons (Fsp3) is 0.500. The highest BCUT2D eigenvalue weighted by Crippen LogP contribution is 2.15. The Morgan fingerprint density at radius 1 is 1.25 bits per heavy atom. The van der Waals surface area contributed by atoms with Crippen LogP contribution in [0.1, 0.15) is 26.2 Å². The van der Waals surface area contributed by atoms with E-state index in [2.05, 4.69) is 27.8 Å². The SMILES string of the molecule is CCCC(CCCl)CNc1nnnn1-c1ccccc1. The molecule has 0 aliphatic rings. The van der Waals surface area contributed by atoms with E-state index in [1.807, 2.05) is 30.3 Å². The molecule has 6 heteroatoms. The van der Waals surface area contributed by atoms with Gasteiger partial charge in [-0.1, -0.05) is 36.6 Å². The van der Waals surface area contributed by atoms with Crippen molar-refractivity contribution in [1.29, 1.82) is 0 Å². The monoisotopic (exact) mass is 293 g/mol. The molecular formula is C14H20ClN5. The minimum absolute atomic E-state index is 0.554. The van der Waals surface area contributed by atoms with Gasteiger partial charge in [0, 0.05) is 12.4 Å². The second-order valence-electron chi connectivity index (χ2n) is 4.76. The van der Waals surface area contributed by atoms with E-state index in [1.54, 1.807) is 4.68 Å². The normalized spacial score (nSPS) is 12.3. The zero-order valence-electron chi connectivity index (χ0n) is 11.7. The lowest BCUT2D eigenvalue weighted by Gasteiger charge is -2.15. The summed E-state index contributed by atoms with van der Waals surface area (Å²) in [4.78, 5) is 0. The maximum absolute atomic E-state index is 5.85. The summed E-state index contributed by atoms with van der Waals surface area (Å²) in [6.07, 6.45) is 3.33. The predicted molar refractivity (Wildman–Crippen MR) is 81.4 cm³/mol. The molecule has 0 spiro atoms. The molecule has 0 aliphatic heterocycles. The Hall–Kier alpha value is -1.62. The van der Waals surface area contributed by atoms with Crippen LogP contribution in [0.5, 0.6) is 0 Å². The van der Waals surface area contributed by atoms with Crippen LogP contribution in [-0.2, 0) is 0 Å². The molecule has 0 radical (unpaired) electrons. The summed E-state index contributed by atoms with van der Waals surface area (Å²) in [6, 6.07) is 9.86. The summed E-state index contributed by atoms with van der Waals surface area (Å²) in [5.41, 5.74) is 0.949. The predicted octanol–water partition coefficient (Wildman–Crippen LogP) is 3.12. The third kappa shape index (κ3) is 3.93. The molecular weight excluding hydrogens is 274 g/mol. The number of nitrogens with one attached hydrogen (secondary N) is 1. The maximum Gasteiger partial charge on any atom is 0.247 e. The van der Waals surface area contributed by atoms with Gasteiger partial charge in [0.15, 0.2) is 0 Å². The lowest BCUT2D eigenvalue weighted by Crippen LogP contribution is -2.17. The standard InChI is InChI=1S/C14H20ClN5/c1-2-6-12(9-10-15)11-16-14-17-18-19-20(14)13-7-4-3-5-8-13/h3-5,7-8,12H,2,6,9-11H2,1H3,(H,16,17,19). The van der Waals surface area contributed by atoms with E-state index in [-0.39, 0.29) is 0 Å². The molecule has 5 nitrogen and oxygen atoms in total. The number of tetrazole rings is 1. The van der Waals surface area contributed by atoms with E-state index in [4.69, 9.17) is 11.6 Å². The number of halogens is 1. The lowest BCUT2D eigenvalue weighted by atomic mass is 10.0. The third-order valence-corrected chi connectivity index (χ3v) is 3.45. The molecule has 0 fully saturated rings. The molecule has 1 N–H and O–H groups in total. The van der Waals surface area contributed by atoms with Crippen LogP contribution in [0.2, 0.25) is 0 Å². The number of aromatic nitrogens is 4. The largest absolute Gasteiger partial charge is 0.352 e. The van der Waals surface area contributed by atoms with Crippen LogP contribution < -0.4 is 5.32 Å². The minimum atomic E-state index is 0.554. The van der Waals surface area contributed by atoms with Gasteiger partial charge in [0.2, 0.25) is 5.95 Å². The van der Waals surface area contributed by atoms with Crippen molar-refractivity contribution in [2.45, 2.75) is 26.2 Å². The minimum Gasteiger partial charge on any atom is -0.352 e. The molecule has 1 heterocycles. The van der Waals surface area contributed by atoms with Gasteiger partial charge >= 0.3 is 0 Å². The molecule has 1 atom stereocenters. The van der Waals surface area contributed by atoms with Crippen molar-refractivity contribution in [3.63, 3.8) is 0 Å². The number of alkyl halides is 1. The average Bonchev–Trinajstić information content (AvgIpc) is 2.94. The fourth-order valence-corrected chi connectivity index (χ4v) is 2.50. The molecule has 2 rings (SSSR count). The van der Waals surface area contributed by atoms with Gasteiger partial charge in [0.25, 0.3) is 0 Å². The molecule has 0 saturated carbocycles. The van der Waals surface area contributed by atoms with Gasteiger partial charge in [-0.2, -0.15) is 4.68 Å². The van der Waals surface area contributed by atoms with Crippen LogP contribution in [0.4, 0.5) is 5.95 Å². The molecule has 0 aliphatic carbocycles. The first-order chi connectivity index (χ1) is 9.85. The smallest absolute Gasteiger partial charge is 0.247 e. The summed E-state index contributed by atoms with van der Waals surface area (Å²) in [7, 11) is 0. The topological polar surface area (TPSA) is 55.6 Å². The highest BCUT2D eigenvalue weighted by molar-refractivity contribution is 6.17. The van der Waals surface area contributed by atoms with Crippen LogP contribution in [0.3, 0.4) is 0 Å². The number of para-hydroxylation sites is 1. The summed E-state index contributed by atoms with van der Waals surface area (Å²) in [5.74, 6) is 1.92. The summed E-state index contributed by atoms with van der Waals surface area (Å²) >= 11 is 5.85. The highest BCUT2D eigenvalue weighted by atomic mass is 35.5. The average molecular weight is 294 g/mol. The quantitative estimate of drug-likeness (QED) is 0.760. The second-order valence-corrected chi connectivity index (χ2v) is 5.14. The molecule has 0 amide bonds. The Bertz CT molecular complexity index is 493. The van der Waals surface area contributed by atoms with Crippen LogP contribution >= 0.6 is 11.6 Å². The van der Waals surface area contributed by atoms with Crippen molar-refractivity contribution in [2.24, 2.45) is 5.92 Å². The van der Waals surface area contributed by atoms with E-state index < -0.39 is 0 Å². The van der Waals surface area contributed by atoms with Gasteiger partial charge in [-0.05, 0) is 41.3 Å². The Morgan fingerprint density at radius 3 is 2.75 bits per heavy atom. The number of nitrogens with zero attached hydrogens (tertiary/aromatic N) is 4. The molecule has 0 bridgehead atoms. The van der Waals surface area contributed by atoms with Crippen molar-refractivity contribution in [3.05, 3.63) is 30.3 Å². The van der Waals surface area contributed by atoms with E-state index in [9.17, 15) is 0 Å². The van der Waals surface area contributed by atoms with Crippen LogP contribution in [0.15, 0.2) is 30.3 Å². The van der Waals surface area contributed by atoms with Crippen LogP contribution in [0.25, 0.3) is 5.69 Å². The number of hydrogen-bond donors (Lipinski definition) is 1. The number of anilines is 1. The number of benzene rings is 1. The van der Waals surface area contributed by atoms with E-state index >= 15 is 0 Å². The lowest BCUT2D eigenvalue weighted by molar-refractivity contribution is 0.488. The zero-order valence-corrected chi connectivity index (χ0v) is 12.4. The first-order valence-electron chi connectivity index (χ1n) is 6.98. The van der Waals surface area contributed by atoms with Crippen molar-refractivity contribution in [1.82, 2.24) is 20.2 Å². The molecule has 1 aromatic carbocycles. The summed E-state index contributed by atoms with van der Waals surface area (Å²) in [6.45, 7) is 3.03. The van der Waals surface area contributed by atoms with Gasteiger partial charge in [-0.25, -0.2) is 0 Å². The van der Waals surface area contributed by atoms with Crippen LogP contribution in [0, 0.1) is 5.92 Å². The Balaban J connectivity index is 2.02. The van der Waals surface area contributed by atoms with Gasteiger partial charge in [-0.3, -0.25) is 0 Å². The Kier molecular flexibility index (Phi) is 5.80. The Morgan fingerprint density at radius 2 is 2.05 bits per heavy atom. The first-order valence-corrected chi connectivity index (χ1v) is 7.52. The van der Waals surface area contributed by atoms with Crippen LogP contribution in [-0.4, -0.2) is 32.6 Å². The molecule has 1 aromatic heterocycles. The number of rotatable bonds is 8. The first kappa shape index (κ1) is 14.8. The molecule has 20 heavy (non-hydrogen) atoms. The van der Waals surface area contributed by atoms with E-state index in [0.29, 0.717) is 17.7 Å². The summed E-state index contributed by atoms with van der Waals surface area (Å²) < 4.78 is 1.71. The van der Waals surface area contributed by atoms with Crippen molar-refractivity contribution in [2.75, 3.05) is 17.7 Å². The van der Waals surface area contributed by atoms with E-state index in [0.717, 1.165) is 31.5 Å². The molecule has 1 unspecified atom stereocenters. The van der Waals surface area contributed by atoms with Crippen molar-refractivity contribution < 1.29 is 0 Å². The molecule has 108 valence electrons.